The van der Waals surface area contributed by atoms with Gasteiger partial charge in [0.05, 0.1) is 0 Å². The van der Waals surface area contributed by atoms with E-state index in [9.17, 15) is 0 Å². The average molecular weight is 256 g/mol. The molecule has 0 fully saturated rings. The first-order valence-corrected chi connectivity index (χ1v) is 12.9. The average Bonchev–Trinajstić information content (AvgIpc) is 2.39. The first kappa shape index (κ1) is 12.3. The molecule has 0 atom stereocenters. The molecule has 0 saturated carbocycles. The maximum atomic E-state index is 2.54. The monoisotopic (exact) mass is 256 g/mol. The van der Waals surface area contributed by atoms with Gasteiger partial charge in [-0.05, 0) is 0 Å². The lowest BCUT2D eigenvalue weighted by Gasteiger charge is -2.32. The first-order valence-electron chi connectivity index (χ1n) is 6.26. The third-order valence-electron chi connectivity index (χ3n) is 3.90. The van der Waals surface area contributed by atoms with Gasteiger partial charge in [0.25, 0.3) is 0 Å². The van der Waals surface area contributed by atoms with Crippen molar-refractivity contribution < 1.29 is 0 Å². The van der Waals surface area contributed by atoms with Crippen LogP contribution in [0.15, 0.2) is 60.7 Å². The summed E-state index contributed by atoms with van der Waals surface area (Å²) in [6.07, 6.45) is 0. The van der Waals surface area contributed by atoms with Crippen LogP contribution in [0.4, 0.5) is 0 Å². The summed E-state index contributed by atoms with van der Waals surface area (Å²) in [7, 11) is -2.15. The molecule has 0 amide bonds. The topological polar surface area (TPSA) is 0 Å². The van der Waals surface area contributed by atoms with E-state index in [1.54, 1.807) is 10.4 Å². The molecule has 0 aliphatic rings. The molecule has 2 aromatic carbocycles. The zero-order valence-corrected chi connectivity index (χ0v) is 13.0. The Morgan fingerprint density at radius 2 is 1.06 bits per heavy atom. The zero-order chi connectivity index (χ0) is 12.3. The van der Waals surface area contributed by atoms with Crippen molar-refractivity contribution in [3.8, 4) is 0 Å². The molecule has 0 bridgehead atoms. The van der Waals surface area contributed by atoms with Crippen molar-refractivity contribution in [3.05, 3.63) is 60.7 Å². The van der Waals surface area contributed by atoms with E-state index in [0.717, 1.165) is 0 Å². The summed E-state index contributed by atoms with van der Waals surface area (Å²) < 4.78 is 0. The van der Waals surface area contributed by atoms with Gasteiger partial charge in [-0.25, -0.2) is 0 Å². The highest BCUT2D eigenvalue weighted by molar-refractivity contribution is 7.43. The lowest BCUT2D eigenvalue weighted by Crippen LogP contribution is -2.64. The third kappa shape index (κ3) is 2.28. The van der Waals surface area contributed by atoms with Crippen molar-refractivity contribution >= 4 is 26.3 Å². The molecule has 0 N–H and O–H groups in total. The van der Waals surface area contributed by atoms with Crippen LogP contribution in [0.3, 0.4) is 0 Å². The van der Waals surface area contributed by atoms with E-state index in [2.05, 4.69) is 80.3 Å². The minimum absolute atomic E-state index is 0.715. The van der Waals surface area contributed by atoms with Crippen LogP contribution in [-0.2, 0) is 0 Å². The number of hydrogen-bond acceptors (Lipinski definition) is 0. The number of rotatable bonds is 3. The van der Waals surface area contributed by atoms with Crippen molar-refractivity contribution in [3.63, 3.8) is 0 Å². The van der Waals surface area contributed by atoms with Gasteiger partial charge in [0.15, 0.2) is 0 Å². The molecule has 0 aliphatic carbocycles. The lowest BCUT2D eigenvalue weighted by atomic mass is 10.4. The van der Waals surface area contributed by atoms with Crippen LogP contribution in [0.5, 0.6) is 0 Å². The quantitative estimate of drug-likeness (QED) is 0.740. The summed E-state index contributed by atoms with van der Waals surface area (Å²) >= 11 is 0. The molecule has 17 heavy (non-hydrogen) atoms. The van der Waals surface area contributed by atoms with Crippen molar-refractivity contribution in [2.24, 2.45) is 0 Å². The fraction of sp³-hybridized carbons (Fsp3) is 0.200. The minimum Gasteiger partial charge on any atom is -0.0734 e. The van der Waals surface area contributed by atoms with Crippen molar-refractivity contribution in [2.45, 2.75) is 19.6 Å². The summed E-state index contributed by atoms with van der Waals surface area (Å²) in [6, 6.07) is 22.3. The van der Waals surface area contributed by atoms with Gasteiger partial charge in [-0.15, -0.1) is 0 Å². The standard InChI is InChI=1S/C15H20Si2/c1-16(2)17(3,14-10-6-4-7-11-14)15-12-8-5-9-13-15/h4-13,16H,1-3H3. The predicted molar refractivity (Wildman–Crippen MR) is 82.6 cm³/mol. The van der Waals surface area contributed by atoms with Crippen molar-refractivity contribution in [2.75, 3.05) is 0 Å². The molecule has 2 aromatic rings. The van der Waals surface area contributed by atoms with E-state index in [0.29, 0.717) is 0 Å². The Hall–Kier alpha value is -1.13. The summed E-state index contributed by atoms with van der Waals surface area (Å²) in [5.74, 6) is 0. The molecule has 0 aromatic heterocycles. The van der Waals surface area contributed by atoms with E-state index in [4.69, 9.17) is 0 Å². The Morgan fingerprint density at radius 3 is 1.35 bits per heavy atom. The van der Waals surface area contributed by atoms with Crippen LogP contribution in [0.2, 0.25) is 19.6 Å². The molecular formula is C15H20Si2. The van der Waals surface area contributed by atoms with Gasteiger partial charge in [-0.2, -0.15) is 0 Å². The molecule has 2 rings (SSSR count). The highest BCUT2D eigenvalue weighted by Gasteiger charge is 2.35. The Labute approximate surface area is 107 Å². The normalized spacial score (nSPS) is 11.8. The second-order valence-corrected chi connectivity index (χ2v) is 17.9. The van der Waals surface area contributed by atoms with E-state index in [1.165, 1.54) is 0 Å². The predicted octanol–water partition coefficient (Wildman–Crippen LogP) is 2.44. The van der Waals surface area contributed by atoms with Gasteiger partial charge in [0, 0.05) is 8.31 Å². The van der Waals surface area contributed by atoms with Crippen LogP contribution in [0, 0.1) is 0 Å². The van der Waals surface area contributed by atoms with Gasteiger partial charge in [0.2, 0.25) is 0 Å². The Kier molecular flexibility index (Phi) is 3.64. The first-order chi connectivity index (χ1) is 8.15. The van der Waals surface area contributed by atoms with Crippen LogP contribution >= 0.6 is 0 Å². The van der Waals surface area contributed by atoms with E-state index < -0.39 is 15.9 Å². The Balaban J connectivity index is 2.55. The van der Waals surface area contributed by atoms with Gasteiger partial charge in [-0.3, -0.25) is 0 Å². The van der Waals surface area contributed by atoms with E-state index >= 15 is 0 Å². The fourth-order valence-electron chi connectivity index (χ4n) is 2.40. The second-order valence-electron chi connectivity index (χ2n) is 5.09. The number of hydrogen-bond donors (Lipinski definition) is 0. The summed E-state index contributed by atoms with van der Waals surface area (Å²) in [5, 5.41) is 3.18. The van der Waals surface area contributed by atoms with Crippen LogP contribution in [0.1, 0.15) is 0 Å². The summed E-state index contributed by atoms with van der Waals surface area (Å²) in [4.78, 5) is 0. The van der Waals surface area contributed by atoms with Crippen LogP contribution in [0.25, 0.3) is 0 Å². The van der Waals surface area contributed by atoms with E-state index in [-0.39, 0.29) is 0 Å². The highest BCUT2D eigenvalue weighted by Crippen LogP contribution is 2.09. The largest absolute Gasteiger partial charge is 0.104 e. The second kappa shape index (κ2) is 5.02. The highest BCUT2D eigenvalue weighted by atomic mass is 29.2. The van der Waals surface area contributed by atoms with Crippen molar-refractivity contribution in [1.82, 2.24) is 0 Å². The molecule has 2 heteroatoms. The molecule has 0 nitrogen and oxygen atoms in total. The molecule has 0 heterocycles. The zero-order valence-electron chi connectivity index (χ0n) is 10.9. The minimum atomic E-state index is -1.44. The number of benzene rings is 2. The molecule has 0 radical (unpaired) electrons. The molecule has 88 valence electrons. The Bertz CT molecular complexity index is 423. The summed E-state index contributed by atoms with van der Waals surface area (Å²) in [5.41, 5.74) is 0. The van der Waals surface area contributed by atoms with Crippen LogP contribution < -0.4 is 10.4 Å². The van der Waals surface area contributed by atoms with Crippen LogP contribution in [-0.4, -0.2) is 15.9 Å². The van der Waals surface area contributed by atoms with Crippen molar-refractivity contribution in [1.29, 1.82) is 0 Å². The molecular weight excluding hydrogens is 236 g/mol. The van der Waals surface area contributed by atoms with Gasteiger partial charge < -0.3 is 0 Å². The smallest absolute Gasteiger partial charge is 0.0734 e. The fourth-order valence-corrected chi connectivity index (χ4v) is 11.0. The lowest BCUT2D eigenvalue weighted by molar-refractivity contribution is 1.70. The third-order valence-corrected chi connectivity index (χ3v) is 18.2. The van der Waals surface area contributed by atoms with Gasteiger partial charge >= 0.3 is 0 Å². The summed E-state index contributed by atoms with van der Waals surface area (Å²) in [6.45, 7) is 7.52. The Morgan fingerprint density at radius 1 is 0.706 bits per heavy atom. The van der Waals surface area contributed by atoms with E-state index in [1.807, 2.05) is 0 Å². The maximum Gasteiger partial charge on any atom is 0.104 e. The maximum absolute atomic E-state index is 2.54. The molecule has 0 saturated heterocycles. The molecule has 0 aliphatic heterocycles. The SMILES string of the molecule is C[SiH](C)[Si](C)(c1ccccc1)c1ccccc1. The molecule has 0 unspecified atom stereocenters. The van der Waals surface area contributed by atoms with Gasteiger partial charge in [-0.1, -0.05) is 90.7 Å². The van der Waals surface area contributed by atoms with Gasteiger partial charge in [0.1, 0.15) is 7.59 Å². The molecule has 0 spiro atoms.